The van der Waals surface area contributed by atoms with Crippen LogP contribution in [0.3, 0.4) is 0 Å². The van der Waals surface area contributed by atoms with E-state index in [9.17, 15) is 9.59 Å². The van der Waals surface area contributed by atoms with Gasteiger partial charge in [-0.05, 0) is 43.5 Å². The van der Waals surface area contributed by atoms with Crippen LogP contribution in [0.4, 0.5) is 0 Å². The fourth-order valence-corrected chi connectivity index (χ4v) is 3.88. The van der Waals surface area contributed by atoms with E-state index in [-0.39, 0.29) is 18.1 Å². The Hall–Kier alpha value is -2.30. The molecule has 0 aromatic carbocycles. The molecule has 5 nitrogen and oxygen atoms in total. The SMILES string of the molecule is O=C(O)CC1CCn2c(C(=O)c3ccc4n3CCC4)ccc21. The van der Waals surface area contributed by atoms with E-state index in [0.717, 1.165) is 43.7 Å². The molecule has 2 aliphatic heterocycles. The van der Waals surface area contributed by atoms with Gasteiger partial charge in [-0.2, -0.15) is 0 Å². The average Bonchev–Trinajstić information content (AvgIpc) is 3.18. The molecule has 22 heavy (non-hydrogen) atoms. The van der Waals surface area contributed by atoms with E-state index in [1.165, 1.54) is 5.69 Å². The second-order valence-corrected chi connectivity index (χ2v) is 6.17. The first-order chi connectivity index (χ1) is 10.6. The maximum absolute atomic E-state index is 12.9. The minimum Gasteiger partial charge on any atom is -0.481 e. The molecule has 0 fully saturated rings. The number of hydrogen-bond donors (Lipinski definition) is 1. The number of aryl methyl sites for hydroxylation is 1. The quantitative estimate of drug-likeness (QED) is 0.882. The molecule has 5 heteroatoms. The van der Waals surface area contributed by atoms with Crippen molar-refractivity contribution < 1.29 is 14.7 Å². The van der Waals surface area contributed by atoms with Crippen molar-refractivity contribution in [1.29, 1.82) is 0 Å². The summed E-state index contributed by atoms with van der Waals surface area (Å²) in [5, 5.41) is 8.99. The topological polar surface area (TPSA) is 64.2 Å². The number of carbonyl (C=O) groups is 2. The number of carboxylic acids is 1. The van der Waals surface area contributed by atoms with E-state index in [4.69, 9.17) is 5.11 Å². The summed E-state index contributed by atoms with van der Waals surface area (Å²) in [5.74, 6) is -0.704. The summed E-state index contributed by atoms with van der Waals surface area (Å²) in [5.41, 5.74) is 3.67. The summed E-state index contributed by atoms with van der Waals surface area (Å²) < 4.78 is 4.12. The van der Waals surface area contributed by atoms with E-state index in [1.807, 2.05) is 28.8 Å². The number of rotatable bonds is 4. The van der Waals surface area contributed by atoms with E-state index < -0.39 is 5.97 Å². The number of ketones is 1. The third-order valence-corrected chi connectivity index (χ3v) is 4.91. The second kappa shape index (κ2) is 4.87. The molecule has 1 atom stereocenters. The van der Waals surface area contributed by atoms with Crippen LogP contribution in [0.25, 0.3) is 0 Å². The molecule has 1 N–H and O–H groups in total. The summed E-state index contributed by atoms with van der Waals surface area (Å²) in [6.07, 6.45) is 3.08. The Morgan fingerprint density at radius 3 is 2.68 bits per heavy atom. The van der Waals surface area contributed by atoms with Gasteiger partial charge in [-0.25, -0.2) is 0 Å². The molecular weight excluding hydrogens is 280 g/mol. The summed E-state index contributed by atoms with van der Waals surface area (Å²) >= 11 is 0. The molecule has 0 saturated heterocycles. The van der Waals surface area contributed by atoms with Gasteiger partial charge >= 0.3 is 5.97 Å². The van der Waals surface area contributed by atoms with Gasteiger partial charge in [-0.1, -0.05) is 0 Å². The molecule has 0 saturated carbocycles. The number of hydrogen-bond acceptors (Lipinski definition) is 2. The number of carbonyl (C=O) groups excluding carboxylic acids is 1. The molecule has 2 aromatic heterocycles. The van der Waals surface area contributed by atoms with Crippen molar-refractivity contribution in [3.05, 3.63) is 47.0 Å². The second-order valence-electron chi connectivity index (χ2n) is 6.17. The van der Waals surface area contributed by atoms with Crippen LogP contribution >= 0.6 is 0 Å². The van der Waals surface area contributed by atoms with Crippen LogP contribution in [-0.2, 0) is 24.3 Å². The number of aliphatic carboxylic acids is 1. The van der Waals surface area contributed by atoms with Crippen molar-refractivity contribution in [3.63, 3.8) is 0 Å². The lowest BCUT2D eigenvalue weighted by Crippen LogP contribution is -2.13. The molecule has 1 unspecified atom stereocenters. The third-order valence-electron chi connectivity index (χ3n) is 4.91. The normalized spacial score (nSPS) is 19.2. The molecule has 0 spiro atoms. The van der Waals surface area contributed by atoms with Gasteiger partial charge in [-0.3, -0.25) is 9.59 Å². The van der Waals surface area contributed by atoms with Gasteiger partial charge in [0.25, 0.3) is 0 Å². The van der Waals surface area contributed by atoms with Crippen molar-refractivity contribution >= 4 is 11.8 Å². The van der Waals surface area contributed by atoms with Gasteiger partial charge < -0.3 is 14.2 Å². The van der Waals surface area contributed by atoms with Crippen LogP contribution in [0.5, 0.6) is 0 Å². The first-order valence-electron chi connectivity index (χ1n) is 7.79. The Kier molecular flexibility index (Phi) is 2.96. The van der Waals surface area contributed by atoms with E-state index >= 15 is 0 Å². The number of fused-ring (bicyclic) bond motifs is 2. The molecule has 2 aromatic rings. The van der Waals surface area contributed by atoms with Crippen LogP contribution in [0, 0.1) is 0 Å². The van der Waals surface area contributed by atoms with Crippen LogP contribution < -0.4 is 0 Å². The highest BCUT2D eigenvalue weighted by Gasteiger charge is 2.30. The van der Waals surface area contributed by atoms with Gasteiger partial charge in [0.1, 0.15) is 0 Å². The lowest BCUT2D eigenvalue weighted by molar-refractivity contribution is -0.137. The van der Waals surface area contributed by atoms with Crippen LogP contribution in [0.2, 0.25) is 0 Å². The number of aromatic nitrogens is 2. The average molecular weight is 298 g/mol. The standard InChI is InChI=1S/C17H18N2O3/c20-16(21)10-11-7-9-19-13(11)5-6-15(19)17(22)14-4-3-12-2-1-8-18(12)14/h3-6,11H,1-2,7-10H2,(H,20,21). The van der Waals surface area contributed by atoms with Crippen molar-refractivity contribution in [1.82, 2.24) is 9.13 Å². The minimum atomic E-state index is -0.781. The lowest BCUT2D eigenvalue weighted by Gasteiger charge is -2.08. The fourth-order valence-electron chi connectivity index (χ4n) is 3.88. The summed E-state index contributed by atoms with van der Waals surface area (Å²) in [6.45, 7) is 1.65. The predicted octanol–water partition coefficient (Wildman–Crippen LogP) is 2.43. The number of carboxylic acid groups (broad SMARTS) is 1. The molecule has 0 amide bonds. The van der Waals surface area contributed by atoms with Gasteiger partial charge in [0.05, 0.1) is 17.8 Å². The molecule has 4 rings (SSSR count). The minimum absolute atomic E-state index is 0.0251. The van der Waals surface area contributed by atoms with Crippen LogP contribution in [0.15, 0.2) is 24.3 Å². The molecule has 2 aliphatic rings. The van der Waals surface area contributed by atoms with Crippen molar-refractivity contribution in [2.45, 2.75) is 44.7 Å². The molecular formula is C17H18N2O3. The first kappa shape index (κ1) is 13.4. The summed E-state index contributed by atoms with van der Waals surface area (Å²) in [7, 11) is 0. The zero-order chi connectivity index (χ0) is 15.3. The van der Waals surface area contributed by atoms with Crippen molar-refractivity contribution in [3.8, 4) is 0 Å². The highest BCUT2D eigenvalue weighted by Crippen LogP contribution is 2.34. The highest BCUT2D eigenvalue weighted by atomic mass is 16.4. The molecule has 0 aliphatic carbocycles. The van der Waals surface area contributed by atoms with E-state index in [0.29, 0.717) is 5.69 Å². The van der Waals surface area contributed by atoms with Gasteiger partial charge in [-0.15, -0.1) is 0 Å². The van der Waals surface area contributed by atoms with Gasteiger partial charge in [0.15, 0.2) is 0 Å². The Labute approximate surface area is 128 Å². The Morgan fingerprint density at radius 1 is 1.09 bits per heavy atom. The molecule has 114 valence electrons. The molecule has 0 radical (unpaired) electrons. The summed E-state index contributed by atoms with van der Waals surface area (Å²) in [6, 6.07) is 7.73. The smallest absolute Gasteiger partial charge is 0.304 e. The number of nitrogens with zero attached hydrogens (tertiary/aromatic N) is 2. The summed E-state index contributed by atoms with van der Waals surface area (Å²) in [4.78, 5) is 23.8. The van der Waals surface area contributed by atoms with Gasteiger partial charge in [0, 0.05) is 30.4 Å². The third kappa shape index (κ3) is 1.92. The zero-order valence-electron chi connectivity index (χ0n) is 12.3. The highest BCUT2D eigenvalue weighted by molar-refractivity contribution is 6.07. The monoisotopic (exact) mass is 298 g/mol. The fraction of sp³-hybridized carbons (Fsp3) is 0.412. The van der Waals surface area contributed by atoms with E-state index in [2.05, 4.69) is 4.57 Å². The Morgan fingerprint density at radius 2 is 1.86 bits per heavy atom. The lowest BCUT2D eigenvalue weighted by atomic mass is 10.0. The Balaban J connectivity index is 1.67. The van der Waals surface area contributed by atoms with Crippen LogP contribution in [-0.4, -0.2) is 26.0 Å². The van der Waals surface area contributed by atoms with Crippen molar-refractivity contribution in [2.24, 2.45) is 0 Å². The van der Waals surface area contributed by atoms with Crippen molar-refractivity contribution in [2.75, 3.05) is 0 Å². The Bertz CT molecular complexity index is 769. The van der Waals surface area contributed by atoms with E-state index in [1.54, 1.807) is 0 Å². The first-order valence-corrected chi connectivity index (χ1v) is 7.79. The predicted molar refractivity (Wildman–Crippen MR) is 80.2 cm³/mol. The maximum Gasteiger partial charge on any atom is 0.304 e. The largest absolute Gasteiger partial charge is 0.481 e. The zero-order valence-corrected chi connectivity index (χ0v) is 12.3. The maximum atomic E-state index is 12.9. The molecule has 4 heterocycles. The molecule has 0 bridgehead atoms. The van der Waals surface area contributed by atoms with Crippen LogP contribution in [0.1, 0.15) is 52.8 Å². The van der Waals surface area contributed by atoms with Gasteiger partial charge in [0.2, 0.25) is 5.78 Å².